The first-order valence-electron chi connectivity index (χ1n) is 8.42. The molecule has 0 bridgehead atoms. The number of urea groups is 1. The summed E-state index contributed by atoms with van der Waals surface area (Å²) in [5, 5.41) is 9.85. The number of amides is 2. The van der Waals surface area contributed by atoms with Gasteiger partial charge >= 0.3 is 6.03 Å². The van der Waals surface area contributed by atoms with Gasteiger partial charge in [0.25, 0.3) is 0 Å². The van der Waals surface area contributed by atoms with Crippen LogP contribution >= 0.6 is 0 Å². The molecule has 0 fully saturated rings. The van der Waals surface area contributed by atoms with Gasteiger partial charge in [-0.3, -0.25) is 4.68 Å². The molecule has 0 radical (unpaired) electrons. The molecule has 2 amide bonds. The van der Waals surface area contributed by atoms with Crippen molar-refractivity contribution in [3.05, 3.63) is 61.4 Å². The average Bonchev–Trinajstić information content (AvgIpc) is 3.29. The van der Waals surface area contributed by atoms with Crippen molar-refractivity contribution in [2.24, 2.45) is 0 Å². The minimum Gasteiger partial charge on any atom is -0.492 e. The number of carbonyl (C=O) groups excluding carboxylic acids is 1. The summed E-state index contributed by atoms with van der Waals surface area (Å²) in [5.41, 5.74) is 0.675. The minimum atomic E-state index is -0.258. The third-order valence-electron chi connectivity index (χ3n) is 3.66. The van der Waals surface area contributed by atoms with Gasteiger partial charge in [0, 0.05) is 49.1 Å². The minimum absolute atomic E-state index is 0.0299. The average molecular weight is 354 g/mol. The van der Waals surface area contributed by atoms with E-state index in [-0.39, 0.29) is 12.1 Å². The van der Waals surface area contributed by atoms with Crippen LogP contribution in [0.1, 0.15) is 6.92 Å². The molecule has 8 heteroatoms. The Morgan fingerprint density at radius 1 is 1.27 bits per heavy atom. The van der Waals surface area contributed by atoms with Crippen molar-refractivity contribution < 1.29 is 9.53 Å². The van der Waals surface area contributed by atoms with Crippen molar-refractivity contribution in [3.8, 4) is 5.75 Å². The van der Waals surface area contributed by atoms with Crippen LogP contribution in [0.4, 0.5) is 10.5 Å². The molecule has 2 aromatic heterocycles. The number of aromatic nitrogens is 4. The number of nitrogens with one attached hydrogen (secondary N) is 2. The van der Waals surface area contributed by atoms with E-state index in [0.29, 0.717) is 31.1 Å². The van der Waals surface area contributed by atoms with Crippen LogP contribution < -0.4 is 15.4 Å². The summed E-state index contributed by atoms with van der Waals surface area (Å²) in [6.45, 7) is 3.76. The van der Waals surface area contributed by atoms with Crippen molar-refractivity contribution in [1.29, 1.82) is 0 Å². The summed E-state index contributed by atoms with van der Waals surface area (Å²) in [4.78, 5) is 16.1. The van der Waals surface area contributed by atoms with Gasteiger partial charge in [0.15, 0.2) is 0 Å². The normalized spacial score (nSPS) is 11.7. The van der Waals surface area contributed by atoms with E-state index in [1.807, 2.05) is 48.1 Å². The second kappa shape index (κ2) is 8.70. The molecule has 2 heterocycles. The lowest BCUT2D eigenvalue weighted by atomic mass is 10.3. The number of carbonyl (C=O) groups is 1. The molecule has 0 aliphatic carbocycles. The van der Waals surface area contributed by atoms with E-state index >= 15 is 0 Å². The number of imidazole rings is 1. The first-order chi connectivity index (χ1) is 12.7. The van der Waals surface area contributed by atoms with Crippen molar-refractivity contribution in [1.82, 2.24) is 24.6 Å². The lowest BCUT2D eigenvalue weighted by Crippen LogP contribution is -2.38. The maximum absolute atomic E-state index is 12.1. The Labute approximate surface area is 151 Å². The molecule has 2 N–H and O–H groups in total. The third-order valence-corrected chi connectivity index (χ3v) is 3.66. The summed E-state index contributed by atoms with van der Waals surface area (Å²) in [6, 6.07) is 8.89. The van der Waals surface area contributed by atoms with Crippen LogP contribution in [0.5, 0.6) is 5.75 Å². The van der Waals surface area contributed by atoms with E-state index in [1.165, 1.54) is 0 Å². The zero-order valence-corrected chi connectivity index (χ0v) is 14.6. The summed E-state index contributed by atoms with van der Waals surface area (Å²) in [5.74, 6) is 0.696. The van der Waals surface area contributed by atoms with Crippen molar-refractivity contribution in [2.75, 3.05) is 11.9 Å². The molecule has 0 spiro atoms. The zero-order valence-electron chi connectivity index (χ0n) is 14.6. The second-order valence-corrected chi connectivity index (χ2v) is 5.90. The van der Waals surface area contributed by atoms with Gasteiger partial charge in [0.1, 0.15) is 12.4 Å². The van der Waals surface area contributed by atoms with Gasteiger partial charge in [-0.2, -0.15) is 5.10 Å². The fraction of sp³-hybridized carbons (Fsp3) is 0.278. The molecule has 8 nitrogen and oxygen atoms in total. The molecular weight excluding hydrogens is 332 g/mol. The van der Waals surface area contributed by atoms with Gasteiger partial charge in [-0.25, -0.2) is 9.78 Å². The van der Waals surface area contributed by atoms with Crippen molar-refractivity contribution >= 4 is 11.7 Å². The highest BCUT2D eigenvalue weighted by Crippen LogP contribution is 2.17. The largest absolute Gasteiger partial charge is 0.492 e. The molecule has 26 heavy (non-hydrogen) atoms. The Bertz CT molecular complexity index is 801. The Balaban J connectivity index is 1.45. The highest BCUT2D eigenvalue weighted by Gasteiger charge is 2.08. The topological polar surface area (TPSA) is 86.0 Å². The number of nitrogens with zero attached hydrogens (tertiary/aromatic N) is 4. The van der Waals surface area contributed by atoms with Crippen molar-refractivity contribution in [3.63, 3.8) is 0 Å². The van der Waals surface area contributed by atoms with E-state index in [0.717, 1.165) is 0 Å². The number of benzene rings is 1. The van der Waals surface area contributed by atoms with Crippen LogP contribution in [0.2, 0.25) is 0 Å². The highest BCUT2D eigenvalue weighted by molar-refractivity contribution is 5.89. The lowest BCUT2D eigenvalue weighted by Gasteiger charge is -2.15. The standard InChI is InChI=1S/C18H22N6O2/c1-15(13-23-9-7-19-14-23)21-18(25)22-16-4-2-5-17(12-16)26-11-10-24-8-3-6-20-24/h2-9,12,14-15H,10-11,13H2,1H3,(H2,21,22,25)/t15-/m1/s1. The molecule has 0 unspecified atom stereocenters. The molecule has 136 valence electrons. The smallest absolute Gasteiger partial charge is 0.319 e. The number of rotatable bonds is 8. The van der Waals surface area contributed by atoms with Gasteiger partial charge < -0.3 is 19.9 Å². The molecule has 0 aliphatic rings. The first-order valence-corrected chi connectivity index (χ1v) is 8.42. The first kappa shape index (κ1) is 17.5. The Morgan fingerprint density at radius 2 is 2.19 bits per heavy atom. The predicted molar refractivity (Wildman–Crippen MR) is 98.0 cm³/mol. The van der Waals surface area contributed by atoms with Crippen LogP contribution in [0.3, 0.4) is 0 Å². The molecule has 1 atom stereocenters. The second-order valence-electron chi connectivity index (χ2n) is 5.90. The molecule has 0 saturated carbocycles. The van der Waals surface area contributed by atoms with Crippen LogP contribution in [0.15, 0.2) is 61.4 Å². The Kier molecular flexibility index (Phi) is 5.87. The lowest BCUT2D eigenvalue weighted by molar-refractivity contribution is 0.248. The molecular formula is C18H22N6O2. The van der Waals surface area contributed by atoms with Gasteiger partial charge in [-0.1, -0.05) is 6.07 Å². The number of anilines is 1. The van der Waals surface area contributed by atoms with E-state index in [1.54, 1.807) is 29.5 Å². The fourth-order valence-electron chi connectivity index (χ4n) is 2.50. The van der Waals surface area contributed by atoms with Crippen LogP contribution in [0.25, 0.3) is 0 Å². The number of ether oxygens (including phenoxy) is 1. The van der Waals surface area contributed by atoms with E-state index in [9.17, 15) is 4.79 Å². The van der Waals surface area contributed by atoms with Gasteiger partial charge in [-0.15, -0.1) is 0 Å². The van der Waals surface area contributed by atoms with Gasteiger partial charge in [-0.05, 0) is 25.1 Å². The highest BCUT2D eigenvalue weighted by atomic mass is 16.5. The SMILES string of the molecule is C[C@H](Cn1ccnc1)NC(=O)Nc1cccc(OCCn2cccn2)c1. The maximum Gasteiger partial charge on any atom is 0.319 e. The molecule has 1 aromatic carbocycles. The van der Waals surface area contributed by atoms with E-state index < -0.39 is 0 Å². The van der Waals surface area contributed by atoms with E-state index in [2.05, 4.69) is 20.7 Å². The van der Waals surface area contributed by atoms with Gasteiger partial charge in [0.05, 0.1) is 12.9 Å². The van der Waals surface area contributed by atoms with Crippen LogP contribution in [0, 0.1) is 0 Å². The zero-order chi connectivity index (χ0) is 18.2. The van der Waals surface area contributed by atoms with E-state index in [4.69, 9.17) is 4.74 Å². The predicted octanol–water partition coefficient (Wildman–Crippen LogP) is 2.37. The summed E-state index contributed by atoms with van der Waals surface area (Å²) in [7, 11) is 0. The molecule has 3 aromatic rings. The number of hydrogen-bond donors (Lipinski definition) is 2. The quantitative estimate of drug-likeness (QED) is 0.650. The molecule has 0 aliphatic heterocycles. The van der Waals surface area contributed by atoms with Crippen LogP contribution in [-0.2, 0) is 13.1 Å². The fourth-order valence-corrected chi connectivity index (χ4v) is 2.50. The van der Waals surface area contributed by atoms with Crippen molar-refractivity contribution in [2.45, 2.75) is 26.1 Å². The Hall–Kier alpha value is -3.29. The summed E-state index contributed by atoms with van der Waals surface area (Å²) in [6.07, 6.45) is 8.92. The number of hydrogen-bond acceptors (Lipinski definition) is 4. The monoisotopic (exact) mass is 354 g/mol. The molecule has 3 rings (SSSR count). The Morgan fingerprint density at radius 3 is 2.96 bits per heavy atom. The maximum atomic E-state index is 12.1. The third kappa shape index (κ3) is 5.37. The molecule has 0 saturated heterocycles. The van der Waals surface area contributed by atoms with Crippen LogP contribution in [-0.4, -0.2) is 38.0 Å². The van der Waals surface area contributed by atoms with Gasteiger partial charge in [0.2, 0.25) is 0 Å². The summed E-state index contributed by atoms with van der Waals surface area (Å²) >= 11 is 0. The summed E-state index contributed by atoms with van der Waals surface area (Å²) < 4.78 is 9.43.